The van der Waals surface area contributed by atoms with Crippen LogP contribution >= 0.6 is 23.4 Å². The minimum atomic E-state index is -0.0260. The van der Waals surface area contributed by atoms with Crippen molar-refractivity contribution in [1.82, 2.24) is 10.2 Å². The van der Waals surface area contributed by atoms with Crippen LogP contribution in [-0.4, -0.2) is 42.7 Å². The van der Waals surface area contributed by atoms with Crippen LogP contribution in [0.1, 0.15) is 72.0 Å². The molecular formula is C32H36ClN3OS. The van der Waals surface area contributed by atoms with Crippen molar-refractivity contribution in [2.45, 2.75) is 61.7 Å². The van der Waals surface area contributed by atoms with Gasteiger partial charge in [-0.1, -0.05) is 61.0 Å². The molecule has 0 spiro atoms. The van der Waals surface area contributed by atoms with Crippen molar-refractivity contribution in [3.8, 4) is 0 Å². The number of aliphatic imine (C=N–C) groups is 1. The molecule has 0 bridgehead atoms. The van der Waals surface area contributed by atoms with Crippen molar-refractivity contribution in [2.75, 3.05) is 26.2 Å². The average Bonchev–Trinajstić information content (AvgIpc) is 3.09. The maximum atomic E-state index is 13.0. The molecule has 38 heavy (non-hydrogen) atoms. The highest BCUT2D eigenvalue weighted by Gasteiger charge is 2.22. The van der Waals surface area contributed by atoms with Gasteiger partial charge in [-0.05, 0) is 106 Å². The molecule has 2 aliphatic rings. The van der Waals surface area contributed by atoms with Crippen molar-refractivity contribution in [3.63, 3.8) is 0 Å². The van der Waals surface area contributed by atoms with E-state index in [4.69, 9.17) is 16.6 Å². The molecule has 0 atom stereocenters. The number of carbonyl (C=O) groups excluding carboxylic acids is 1. The second-order valence-corrected chi connectivity index (χ2v) is 11.8. The molecule has 2 aliphatic heterocycles. The number of carbonyl (C=O) groups is 1. The number of fused-ring (bicyclic) bond motifs is 2. The Morgan fingerprint density at radius 2 is 1.89 bits per heavy atom. The zero-order chi connectivity index (χ0) is 26.5. The van der Waals surface area contributed by atoms with Gasteiger partial charge in [0.15, 0.2) is 0 Å². The fourth-order valence-corrected chi connectivity index (χ4v) is 6.71. The molecule has 0 aromatic heterocycles. The lowest BCUT2D eigenvalue weighted by atomic mass is 9.87. The van der Waals surface area contributed by atoms with Gasteiger partial charge in [-0.15, -0.1) is 0 Å². The van der Waals surface area contributed by atoms with Gasteiger partial charge in [-0.25, -0.2) is 0 Å². The number of aryl methyl sites for hydroxylation is 1. The second-order valence-electron chi connectivity index (χ2n) is 10.3. The first-order valence-electron chi connectivity index (χ1n) is 13.8. The van der Waals surface area contributed by atoms with Gasteiger partial charge in [0.05, 0.1) is 5.69 Å². The van der Waals surface area contributed by atoms with Crippen LogP contribution in [0.2, 0.25) is 5.02 Å². The van der Waals surface area contributed by atoms with Crippen LogP contribution in [0.3, 0.4) is 0 Å². The normalized spacial score (nSPS) is 15.8. The Morgan fingerprint density at radius 3 is 2.71 bits per heavy atom. The van der Waals surface area contributed by atoms with E-state index in [1.165, 1.54) is 21.6 Å². The fraction of sp³-hybridized carbons (Fsp3) is 0.375. The summed E-state index contributed by atoms with van der Waals surface area (Å²) >= 11 is 7.98. The van der Waals surface area contributed by atoms with Crippen LogP contribution in [0.4, 0.5) is 5.69 Å². The van der Waals surface area contributed by atoms with Crippen molar-refractivity contribution in [2.24, 2.45) is 4.99 Å². The zero-order valence-electron chi connectivity index (χ0n) is 22.3. The van der Waals surface area contributed by atoms with E-state index < -0.39 is 0 Å². The highest BCUT2D eigenvalue weighted by atomic mass is 35.5. The minimum Gasteiger partial charge on any atom is -0.352 e. The largest absolute Gasteiger partial charge is 0.352 e. The molecule has 2 heterocycles. The first-order valence-corrected chi connectivity index (χ1v) is 15.0. The van der Waals surface area contributed by atoms with E-state index in [0.29, 0.717) is 18.0 Å². The van der Waals surface area contributed by atoms with E-state index in [-0.39, 0.29) is 5.91 Å². The molecule has 1 fully saturated rings. The van der Waals surface area contributed by atoms with Gasteiger partial charge >= 0.3 is 0 Å². The number of nitrogens with one attached hydrogen (secondary N) is 1. The molecule has 5 rings (SSSR count). The summed E-state index contributed by atoms with van der Waals surface area (Å²) in [5.41, 5.74) is 6.60. The van der Waals surface area contributed by atoms with E-state index >= 15 is 0 Å². The molecule has 0 aliphatic carbocycles. The summed E-state index contributed by atoms with van der Waals surface area (Å²) in [5.74, 6) is 0.561. The molecule has 6 heteroatoms. The average molecular weight is 546 g/mol. The lowest BCUT2D eigenvalue weighted by Crippen LogP contribution is -2.35. The van der Waals surface area contributed by atoms with Crippen molar-refractivity contribution in [1.29, 1.82) is 0 Å². The maximum absolute atomic E-state index is 13.0. The van der Waals surface area contributed by atoms with Crippen LogP contribution < -0.4 is 5.32 Å². The third kappa shape index (κ3) is 6.33. The molecule has 3 aromatic rings. The highest BCUT2D eigenvalue weighted by Crippen LogP contribution is 2.41. The molecule has 0 radical (unpaired) electrons. The summed E-state index contributed by atoms with van der Waals surface area (Å²) in [7, 11) is 0. The quantitative estimate of drug-likeness (QED) is 0.291. The monoisotopic (exact) mass is 545 g/mol. The van der Waals surface area contributed by atoms with Crippen molar-refractivity contribution in [3.05, 3.63) is 87.9 Å². The Bertz CT molecular complexity index is 1330. The predicted octanol–water partition coefficient (Wildman–Crippen LogP) is 8.03. The number of hydrogen-bond donors (Lipinski definition) is 1. The standard InChI is InChI=1S/C32H36ClN3OS/c1-3-7-28-26-8-4-5-9-30(26)38-31-13-11-24(20-29(31)35-28)32(37)34-16-6-17-36-18-14-23(15-19-36)27-21-25(33)12-10-22(27)2/h4-5,8-13,20-21,23H,3,6-7,14-19H2,1-2H3,(H,34,37). The number of halogens is 1. The Kier molecular flexibility index (Phi) is 8.88. The summed E-state index contributed by atoms with van der Waals surface area (Å²) in [4.78, 5) is 22.8. The summed E-state index contributed by atoms with van der Waals surface area (Å²) in [6, 6.07) is 20.6. The third-order valence-electron chi connectivity index (χ3n) is 7.59. The summed E-state index contributed by atoms with van der Waals surface area (Å²) in [6.07, 6.45) is 5.21. The Labute approximate surface area is 235 Å². The molecule has 1 amide bonds. The Hall–Kier alpha value is -2.60. The maximum Gasteiger partial charge on any atom is 0.251 e. The number of rotatable bonds is 8. The van der Waals surface area contributed by atoms with Crippen LogP contribution in [-0.2, 0) is 0 Å². The molecule has 0 saturated carbocycles. The molecule has 1 N–H and O–H groups in total. The van der Waals surface area contributed by atoms with E-state index in [0.717, 1.165) is 73.1 Å². The lowest BCUT2D eigenvalue weighted by molar-refractivity contribution is 0.0951. The summed E-state index contributed by atoms with van der Waals surface area (Å²) in [6.45, 7) is 8.22. The number of hydrogen-bond acceptors (Lipinski definition) is 4. The molecule has 0 unspecified atom stereocenters. The van der Waals surface area contributed by atoms with Crippen LogP contribution in [0.5, 0.6) is 0 Å². The number of nitrogens with zero attached hydrogens (tertiary/aromatic N) is 2. The van der Waals surface area contributed by atoms with Gasteiger partial charge < -0.3 is 10.2 Å². The minimum absolute atomic E-state index is 0.0260. The topological polar surface area (TPSA) is 44.7 Å². The van der Waals surface area contributed by atoms with Gasteiger partial charge in [0, 0.05) is 38.2 Å². The first-order chi connectivity index (χ1) is 18.5. The van der Waals surface area contributed by atoms with Crippen LogP contribution in [0.15, 0.2) is 75.4 Å². The summed E-state index contributed by atoms with van der Waals surface area (Å²) < 4.78 is 0. The molecule has 4 nitrogen and oxygen atoms in total. The number of piperidine rings is 1. The Morgan fingerprint density at radius 1 is 1.08 bits per heavy atom. The van der Waals surface area contributed by atoms with Crippen LogP contribution in [0, 0.1) is 6.92 Å². The SMILES string of the molecule is CCCC1=Nc2cc(C(=O)NCCCN3CCC(c4cc(Cl)ccc4C)CC3)ccc2Sc2ccccc21. The van der Waals surface area contributed by atoms with E-state index in [9.17, 15) is 4.79 Å². The summed E-state index contributed by atoms with van der Waals surface area (Å²) in [5, 5.41) is 3.96. The Balaban J connectivity index is 1.13. The van der Waals surface area contributed by atoms with Crippen molar-refractivity contribution < 1.29 is 4.79 Å². The fourth-order valence-electron chi connectivity index (χ4n) is 5.50. The number of likely N-dealkylation sites (tertiary alicyclic amines) is 1. The van der Waals surface area contributed by atoms with E-state index in [1.807, 2.05) is 24.3 Å². The molecule has 3 aromatic carbocycles. The lowest BCUT2D eigenvalue weighted by Gasteiger charge is -2.32. The number of benzene rings is 3. The van der Waals surface area contributed by atoms with Gasteiger partial charge in [0.1, 0.15) is 0 Å². The molecule has 1 saturated heterocycles. The van der Waals surface area contributed by atoms with Crippen LogP contribution in [0.25, 0.3) is 0 Å². The first kappa shape index (κ1) is 27.0. The van der Waals surface area contributed by atoms with Gasteiger partial charge in [0.25, 0.3) is 5.91 Å². The van der Waals surface area contributed by atoms with Crippen molar-refractivity contribution >= 4 is 40.7 Å². The second kappa shape index (κ2) is 12.5. The predicted molar refractivity (Wildman–Crippen MR) is 160 cm³/mol. The van der Waals surface area contributed by atoms with E-state index in [1.54, 1.807) is 11.8 Å². The third-order valence-corrected chi connectivity index (χ3v) is 8.96. The van der Waals surface area contributed by atoms with Gasteiger partial charge in [0.2, 0.25) is 0 Å². The van der Waals surface area contributed by atoms with E-state index in [2.05, 4.69) is 60.5 Å². The smallest absolute Gasteiger partial charge is 0.251 e. The number of amides is 1. The molecular weight excluding hydrogens is 510 g/mol. The molecule has 198 valence electrons. The van der Waals surface area contributed by atoms with Gasteiger partial charge in [-0.2, -0.15) is 0 Å². The zero-order valence-corrected chi connectivity index (χ0v) is 23.9. The van der Waals surface area contributed by atoms with Gasteiger partial charge in [-0.3, -0.25) is 9.79 Å². The highest BCUT2D eigenvalue weighted by molar-refractivity contribution is 7.99.